The van der Waals surface area contributed by atoms with E-state index in [4.69, 9.17) is 10.5 Å². The van der Waals surface area contributed by atoms with Crippen molar-refractivity contribution in [2.45, 2.75) is 50.1 Å². The molecule has 134 valence electrons. The fourth-order valence-corrected chi connectivity index (χ4v) is 3.61. The molecule has 4 N–H and O–H groups in total. The Labute approximate surface area is 143 Å². The number of hydrogen-bond donors (Lipinski definition) is 3. The zero-order valence-electron chi connectivity index (χ0n) is 14.2. The van der Waals surface area contributed by atoms with Gasteiger partial charge >= 0.3 is 0 Å². The number of amides is 1. The number of carbonyl (C=O) groups excluding carboxylic acids is 1. The van der Waals surface area contributed by atoms with E-state index in [9.17, 15) is 13.2 Å². The van der Waals surface area contributed by atoms with E-state index in [0.29, 0.717) is 17.9 Å². The second-order valence-corrected chi connectivity index (χ2v) is 8.20. The van der Waals surface area contributed by atoms with Gasteiger partial charge in [-0.1, -0.05) is 13.8 Å². The van der Waals surface area contributed by atoms with Gasteiger partial charge in [-0.2, -0.15) is 0 Å². The lowest BCUT2D eigenvalue weighted by atomic mass is 10.0. The first-order chi connectivity index (χ1) is 11.2. The molecule has 1 aromatic rings. The SMILES string of the molecule is COc1ccc(S(=O)(=O)NC2CC2)cc1NC(=O)[C@@H](N)CC(C)C. The monoisotopic (exact) mass is 355 g/mol. The van der Waals surface area contributed by atoms with E-state index in [-0.39, 0.29) is 22.8 Å². The highest BCUT2D eigenvalue weighted by atomic mass is 32.2. The molecule has 8 heteroatoms. The number of benzene rings is 1. The topological polar surface area (TPSA) is 111 Å². The molecule has 1 fully saturated rings. The largest absolute Gasteiger partial charge is 0.495 e. The van der Waals surface area contributed by atoms with Crippen molar-refractivity contribution in [1.29, 1.82) is 0 Å². The normalized spacial score (nSPS) is 16.0. The van der Waals surface area contributed by atoms with Crippen LogP contribution in [0.5, 0.6) is 5.75 Å². The first kappa shape index (κ1) is 18.7. The van der Waals surface area contributed by atoms with Crippen LogP contribution in [0.25, 0.3) is 0 Å². The maximum absolute atomic E-state index is 12.3. The van der Waals surface area contributed by atoms with E-state index in [1.807, 2.05) is 13.8 Å². The van der Waals surface area contributed by atoms with Crippen molar-refractivity contribution in [3.63, 3.8) is 0 Å². The maximum Gasteiger partial charge on any atom is 0.241 e. The zero-order chi connectivity index (χ0) is 17.9. The van der Waals surface area contributed by atoms with Crippen LogP contribution in [-0.2, 0) is 14.8 Å². The van der Waals surface area contributed by atoms with Crippen LogP contribution in [0.1, 0.15) is 33.1 Å². The third-order valence-corrected chi connectivity index (χ3v) is 5.22. The van der Waals surface area contributed by atoms with Gasteiger partial charge in [0.1, 0.15) is 5.75 Å². The van der Waals surface area contributed by atoms with Gasteiger partial charge in [-0.05, 0) is 43.4 Å². The minimum Gasteiger partial charge on any atom is -0.495 e. The van der Waals surface area contributed by atoms with Crippen LogP contribution in [0, 0.1) is 5.92 Å². The number of ether oxygens (including phenoxy) is 1. The Bertz CT molecular complexity index is 699. The summed E-state index contributed by atoms with van der Waals surface area (Å²) in [4.78, 5) is 12.3. The third-order valence-electron chi connectivity index (χ3n) is 3.70. The Morgan fingerprint density at radius 1 is 1.38 bits per heavy atom. The highest BCUT2D eigenvalue weighted by Gasteiger charge is 2.28. The number of hydrogen-bond acceptors (Lipinski definition) is 5. The van der Waals surface area contributed by atoms with E-state index < -0.39 is 16.1 Å². The molecule has 1 saturated carbocycles. The third kappa shape index (κ3) is 4.93. The van der Waals surface area contributed by atoms with E-state index >= 15 is 0 Å². The summed E-state index contributed by atoms with van der Waals surface area (Å²) in [5, 5.41) is 2.67. The van der Waals surface area contributed by atoms with Crippen LogP contribution < -0.4 is 20.5 Å². The van der Waals surface area contributed by atoms with Gasteiger partial charge < -0.3 is 15.8 Å². The van der Waals surface area contributed by atoms with Crippen LogP contribution in [0.3, 0.4) is 0 Å². The number of anilines is 1. The Hall–Kier alpha value is -1.64. The summed E-state index contributed by atoms with van der Waals surface area (Å²) in [5.74, 6) is 0.291. The average Bonchev–Trinajstić information content (AvgIpc) is 3.29. The fourth-order valence-electron chi connectivity index (χ4n) is 2.28. The number of carbonyl (C=O) groups is 1. The van der Waals surface area contributed by atoms with Crippen molar-refractivity contribution in [3.8, 4) is 5.75 Å². The average molecular weight is 355 g/mol. The van der Waals surface area contributed by atoms with Gasteiger partial charge in [0.05, 0.1) is 23.7 Å². The summed E-state index contributed by atoms with van der Waals surface area (Å²) in [6.07, 6.45) is 2.24. The molecule has 1 aliphatic rings. The first-order valence-corrected chi connectivity index (χ1v) is 9.48. The van der Waals surface area contributed by atoms with Gasteiger partial charge in [0.2, 0.25) is 15.9 Å². The molecule has 1 atom stereocenters. The summed E-state index contributed by atoms with van der Waals surface area (Å²) in [6.45, 7) is 3.95. The van der Waals surface area contributed by atoms with Crippen LogP contribution in [0.2, 0.25) is 0 Å². The van der Waals surface area contributed by atoms with Gasteiger partial charge in [-0.3, -0.25) is 4.79 Å². The molecule has 0 bridgehead atoms. The molecule has 1 aliphatic carbocycles. The maximum atomic E-state index is 12.3. The number of sulfonamides is 1. The zero-order valence-corrected chi connectivity index (χ0v) is 15.0. The van der Waals surface area contributed by atoms with E-state index in [1.54, 1.807) is 0 Å². The van der Waals surface area contributed by atoms with E-state index in [1.165, 1.54) is 25.3 Å². The molecule has 0 saturated heterocycles. The highest BCUT2D eigenvalue weighted by molar-refractivity contribution is 7.89. The van der Waals surface area contributed by atoms with Crippen molar-refractivity contribution in [1.82, 2.24) is 4.72 Å². The minimum atomic E-state index is -3.61. The lowest BCUT2D eigenvalue weighted by Gasteiger charge is -2.16. The Morgan fingerprint density at radius 3 is 2.58 bits per heavy atom. The number of methoxy groups -OCH3 is 1. The van der Waals surface area contributed by atoms with Crippen molar-refractivity contribution in [2.24, 2.45) is 11.7 Å². The van der Waals surface area contributed by atoms with Crippen LogP contribution in [0.4, 0.5) is 5.69 Å². The quantitative estimate of drug-likeness (QED) is 0.654. The molecule has 0 unspecified atom stereocenters. The van der Waals surface area contributed by atoms with Crippen LogP contribution in [0.15, 0.2) is 23.1 Å². The summed E-state index contributed by atoms with van der Waals surface area (Å²) in [7, 11) is -2.15. The molecular formula is C16H25N3O4S. The molecule has 2 rings (SSSR count). The number of rotatable bonds is 8. The second-order valence-electron chi connectivity index (χ2n) is 6.48. The first-order valence-electron chi connectivity index (χ1n) is 7.99. The predicted octanol–water partition coefficient (Wildman–Crippen LogP) is 1.45. The summed E-state index contributed by atoms with van der Waals surface area (Å²) in [5.41, 5.74) is 6.16. The second kappa shape index (κ2) is 7.50. The van der Waals surface area contributed by atoms with E-state index in [0.717, 1.165) is 12.8 Å². The lowest BCUT2D eigenvalue weighted by molar-refractivity contribution is -0.117. The highest BCUT2D eigenvalue weighted by Crippen LogP contribution is 2.29. The van der Waals surface area contributed by atoms with Crippen LogP contribution in [-0.4, -0.2) is 33.5 Å². The molecule has 0 heterocycles. The fraction of sp³-hybridized carbons (Fsp3) is 0.562. The summed E-state index contributed by atoms with van der Waals surface area (Å²) in [6, 6.07) is 3.70. The molecule has 0 aromatic heterocycles. The smallest absolute Gasteiger partial charge is 0.241 e. The van der Waals surface area contributed by atoms with Gasteiger partial charge in [0.15, 0.2) is 0 Å². The number of nitrogens with two attached hydrogens (primary N) is 1. The standard InChI is InChI=1S/C16H25N3O4S/c1-10(2)8-13(17)16(20)18-14-9-12(6-7-15(14)23-3)24(21,22)19-11-4-5-11/h6-7,9-11,13,19H,4-5,8,17H2,1-3H3,(H,18,20)/t13-/m0/s1. The summed E-state index contributed by atoms with van der Waals surface area (Å²) < 4.78 is 32.4. The molecule has 0 aliphatic heterocycles. The van der Waals surface area contributed by atoms with Gasteiger partial charge in [-0.25, -0.2) is 13.1 Å². The van der Waals surface area contributed by atoms with E-state index in [2.05, 4.69) is 10.0 Å². The molecule has 1 aromatic carbocycles. The Balaban J connectivity index is 2.21. The Morgan fingerprint density at radius 2 is 2.04 bits per heavy atom. The van der Waals surface area contributed by atoms with Crippen molar-refractivity contribution in [3.05, 3.63) is 18.2 Å². The van der Waals surface area contributed by atoms with Gasteiger partial charge in [0.25, 0.3) is 0 Å². The van der Waals surface area contributed by atoms with Gasteiger partial charge in [-0.15, -0.1) is 0 Å². The summed E-state index contributed by atoms with van der Waals surface area (Å²) >= 11 is 0. The molecule has 1 amide bonds. The minimum absolute atomic E-state index is 0.00890. The Kier molecular flexibility index (Phi) is 5.84. The van der Waals surface area contributed by atoms with Crippen molar-refractivity contribution in [2.75, 3.05) is 12.4 Å². The predicted molar refractivity (Wildman–Crippen MR) is 92.4 cm³/mol. The molecular weight excluding hydrogens is 330 g/mol. The molecule has 24 heavy (non-hydrogen) atoms. The molecule has 0 radical (unpaired) electrons. The van der Waals surface area contributed by atoms with Crippen molar-refractivity contribution < 1.29 is 17.9 Å². The molecule has 0 spiro atoms. The van der Waals surface area contributed by atoms with Gasteiger partial charge in [0, 0.05) is 6.04 Å². The lowest BCUT2D eigenvalue weighted by Crippen LogP contribution is -2.36. The number of nitrogens with one attached hydrogen (secondary N) is 2. The van der Waals surface area contributed by atoms with Crippen molar-refractivity contribution >= 4 is 21.6 Å². The molecule has 7 nitrogen and oxygen atoms in total. The van der Waals surface area contributed by atoms with Crippen LogP contribution >= 0.6 is 0 Å².